The minimum atomic E-state index is -0.417. The Labute approximate surface area is 181 Å². The van der Waals surface area contributed by atoms with E-state index >= 15 is 0 Å². The van der Waals surface area contributed by atoms with E-state index in [-0.39, 0.29) is 17.8 Å². The molecule has 5 rings (SSSR count). The number of nitrogens with zero attached hydrogens (tertiary/aromatic N) is 3. The number of aliphatic hydroxyl groups excluding tert-OH is 1. The highest BCUT2D eigenvalue weighted by Gasteiger charge is 2.31. The van der Waals surface area contributed by atoms with E-state index in [0.717, 1.165) is 50.0 Å². The zero-order valence-corrected chi connectivity index (χ0v) is 17.3. The Bertz CT molecular complexity index is 1040. The summed E-state index contributed by atoms with van der Waals surface area (Å²) in [5.41, 5.74) is 1.55. The Morgan fingerprint density at radius 2 is 1.74 bits per heavy atom. The van der Waals surface area contributed by atoms with Gasteiger partial charge in [0.2, 0.25) is 5.82 Å². The third-order valence-electron chi connectivity index (χ3n) is 5.85. The molecule has 2 unspecified atom stereocenters. The number of para-hydroxylation sites is 1. The van der Waals surface area contributed by atoms with Crippen molar-refractivity contribution in [3.8, 4) is 11.4 Å². The van der Waals surface area contributed by atoms with Gasteiger partial charge in [-0.25, -0.2) is 9.67 Å². The van der Waals surface area contributed by atoms with Crippen molar-refractivity contribution in [3.05, 3.63) is 66.2 Å². The number of hydrogen-bond donors (Lipinski definition) is 2. The fraction of sp³-hybridized carbons (Fsp3) is 0.375. The zero-order chi connectivity index (χ0) is 21.2. The molecule has 2 aliphatic carbocycles. The number of amides is 1. The van der Waals surface area contributed by atoms with Gasteiger partial charge in [-0.15, -0.1) is 5.10 Å². The number of aromatic nitrogens is 3. The molecular formula is C24H26N4O3. The van der Waals surface area contributed by atoms with Crippen molar-refractivity contribution in [2.24, 2.45) is 0 Å². The van der Waals surface area contributed by atoms with Crippen LogP contribution < -0.4 is 10.1 Å². The standard InChI is InChI=1S/C24H26N4O3/c29-20-8-4-5-9-21(20)31-19-14-12-17(13-15-19)25-24(30)22-26-23(16-10-11-16)28(27-22)18-6-2-1-3-7-18/h1-3,6-7,12-16,20-21,29H,4-5,8-11H2,(H,25,30). The number of ether oxygens (including phenoxy) is 1. The van der Waals surface area contributed by atoms with Gasteiger partial charge >= 0.3 is 0 Å². The number of carbonyl (C=O) groups excluding carboxylic acids is 1. The van der Waals surface area contributed by atoms with Gasteiger partial charge in [-0.05, 0) is 68.5 Å². The Kier molecular flexibility index (Phi) is 5.42. The smallest absolute Gasteiger partial charge is 0.295 e. The van der Waals surface area contributed by atoms with Crippen LogP contribution in [0.3, 0.4) is 0 Å². The molecule has 1 aromatic heterocycles. The molecule has 2 aliphatic rings. The van der Waals surface area contributed by atoms with Crippen molar-refractivity contribution in [2.45, 2.75) is 56.7 Å². The van der Waals surface area contributed by atoms with E-state index in [0.29, 0.717) is 17.4 Å². The summed E-state index contributed by atoms with van der Waals surface area (Å²) in [6, 6.07) is 17.0. The van der Waals surface area contributed by atoms with Gasteiger partial charge in [0.05, 0.1) is 11.8 Å². The summed E-state index contributed by atoms with van der Waals surface area (Å²) < 4.78 is 7.70. The SMILES string of the molecule is O=C(Nc1ccc(OC2CCCCC2O)cc1)c1nc(C2CC2)n(-c2ccccc2)n1. The van der Waals surface area contributed by atoms with E-state index in [9.17, 15) is 9.90 Å². The number of benzene rings is 2. The fourth-order valence-corrected chi connectivity index (χ4v) is 3.98. The number of hydrogen-bond acceptors (Lipinski definition) is 5. The molecule has 2 atom stereocenters. The molecule has 7 heteroatoms. The minimum absolute atomic E-state index is 0.163. The molecule has 7 nitrogen and oxygen atoms in total. The summed E-state index contributed by atoms with van der Waals surface area (Å²) in [5, 5.41) is 17.4. The van der Waals surface area contributed by atoms with Crippen molar-refractivity contribution in [2.75, 3.05) is 5.32 Å². The Morgan fingerprint density at radius 1 is 1.00 bits per heavy atom. The molecule has 2 saturated carbocycles. The molecular weight excluding hydrogens is 392 g/mol. The summed E-state index contributed by atoms with van der Waals surface area (Å²) in [4.78, 5) is 17.3. The molecule has 2 fully saturated rings. The number of anilines is 1. The first kappa shape index (κ1) is 19.8. The van der Waals surface area contributed by atoms with E-state index in [1.807, 2.05) is 42.5 Å². The zero-order valence-electron chi connectivity index (χ0n) is 17.3. The lowest BCUT2D eigenvalue weighted by Gasteiger charge is -2.28. The number of nitrogens with one attached hydrogen (secondary N) is 1. The largest absolute Gasteiger partial charge is 0.488 e. The van der Waals surface area contributed by atoms with Gasteiger partial charge in [0.15, 0.2) is 0 Å². The van der Waals surface area contributed by atoms with Crippen LogP contribution >= 0.6 is 0 Å². The maximum atomic E-state index is 12.8. The lowest BCUT2D eigenvalue weighted by molar-refractivity contribution is 0.00688. The molecule has 0 saturated heterocycles. The highest BCUT2D eigenvalue weighted by molar-refractivity contribution is 6.01. The van der Waals surface area contributed by atoms with Gasteiger partial charge in [0, 0.05) is 11.6 Å². The van der Waals surface area contributed by atoms with Gasteiger partial charge in [0.25, 0.3) is 5.91 Å². The molecule has 1 amide bonds. The first-order chi connectivity index (χ1) is 15.2. The molecule has 0 bridgehead atoms. The number of carbonyl (C=O) groups is 1. The van der Waals surface area contributed by atoms with Crippen molar-refractivity contribution in [1.29, 1.82) is 0 Å². The highest BCUT2D eigenvalue weighted by Crippen LogP contribution is 2.39. The Hall–Kier alpha value is -3.19. The van der Waals surface area contributed by atoms with Crippen LogP contribution in [0.15, 0.2) is 54.6 Å². The second-order valence-corrected chi connectivity index (χ2v) is 8.30. The monoisotopic (exact) mass is 418 g/mol. The van der Waals surface area contributed by atoms with Crippen LogP contribution in [0.2, 0.25) is 0 Å². The molecule has 3 aromatic rings. The number of rotatable bonds is 6. The average Bonchev–Trinajstić information content (AvgIpc) is 3.55. The predicted molar refractivity (Wildman–Crippen MR) is 117 cm³/mol. The molecule has 0 radical (unpaired) electrons. The molecule has 1 heterocycles. The normalized spacial score (nSPS) is 20.9. The summed E-state index contributed by atoms with van der Waals surface area (Å²) >= 11 is 0. The average molecular weight is 418 g/mol. The quantitative estimate of drug-likeness (QED) is 0.630. The topological polar surface area (TPSA) is 89.3 Å². The molecule has 2 aromatic carbocycles. The summed E-state index contributed by atoms with van der Waals surface area (Å²) in [6.07, 6.45) is 5.32. The van der Waals surface area contributed by atoms with Crippen molar-refractivity contribution < 1.29 is 14.6 Å². The summed E-state index contributed by atoms with van der Waals surface area (Å²) in [5.74, 6) is 1.71. The molecule has 2 N–H and O–H groups in total. The van der Waals surface area contributed by atoms with E-state index < -0.39 is 6.10 Å². The van der Waals surface area contributed by atoms with E-state index in [4.69, 9.17) is 4.74 Å². The van der Waals surface area contributed by atoms with Gasteiger partial charge in [-0.3, -0.25) is 4.79 Å². The van der Waals surface area contributed by atoms with E-state index in [1.54, 1.807) is 16.8 Å². The van der Waals surface area contributed by atoms with E-state index in [2.05, 4.69) is 15.4 Å². The van der Waals surface area contributed by atoms with Crippen molar-refractivity contribution >= 4 is 11.6 Å². The van der Waals surface area contributed by atoms with E-state index in [1.165, 1.54) is 0 Å². The van der Waals surface area contributed by atoms with Crippen LogP contribution in [0.25, 0.3) is 5.69 Å². The lowest BCUT2D eigenvalue weighted by Crippen LogP contribution is -2.34. The van der Waals surface area contributed by atoms with Gasteiger partial charge in [0.1, 0.15) is 17.7 Å². The first-order valence-corrected chi connectivity index (χ1v) is 11.0. The maximum Gasteiger partial charge on any atom is 0.295 e. The van der Waals surface area contributed by atoms with Crippen LogP contribution in [-0.2, 0) is 0 Å². The Balaban J connectivity index is 1.28. The van der Waals surface area contributed by atoms with Crippen LogP contribution in [0.1, 0.15) is 60.9 Å². The Morgan fingerprint density at radius 3 is 2.45 bits per heavy atom. The third-order valence-corrected chi connectivity index (χ3v) is 5.85. The van der Waals surface area contributed by atoms with Gasteiger partial charge in [-0.2, -0.15) is 0 Å². The van der Waals surface area contributed by atoms with Crippen molar-refractivity contribution in [3.63, 3.8) is 0 Å². The van der Waals surface area contributed by atoms with Crippen molar-refractivity contribution in [1.82, 2.24) is 14.8 Å². The lowest BCUT2D eigenvalue weighted by atomic mass is 9.95. The molecule has 160 valence electrons. The highest BCUT2D eigenvalue weighted by atomic mass is 16.5. The summed E-state index contributed by atoms with van der Waals surface area (Å²) in [7, 11) is 0. The molecule has 0 aliphatic heterocycles. The van der Waals surface area contributed by atoms with Crippen LogP contribution in [0.4, 0.5) is 5.69 Å². The van der Waals surface area contributed by atoms with Crippen LogP contribution in [0.5, 0.6) is 5.75 Å². The second kappa shape index (κ2) is 8.51. The molecule has 31 heavy (non-hydrogen) atoms. The predicted octanol–water partition coefficient (Wildman–Crippen LogP) is 4.08. The second-order valence-electron chi connectivity index (χ2n) is 8.30. The van der Waals surface area contributed by atoms with Crippen LogP contribution in [0, 0.1) is 0 Å². The minimum Gasteiger partial charge on any atom is -0.488 e. The maximum absolute atomic E-state index is 12.8. The van der Waals surface area contributed by atoms with Crippen LogP contribution in [-0.4, -0.2) is 38.0 Å². The molecule has 0 spiro atoms. The van der Waals surface area contributed by atoms with Gasteiger partial charge in [-0.1, -0.05) is 24.6 Å². The summed E-state index contributed by atoms with van der Waals surface area (Å²) in [6.45, 7) is 0. The number of aliphatic hydroxyl groups is 1. The fourth-order valence-electron chi connectivity index (χ4n) is 3.98. The first-order valence-electron chi connectivity index (χ1n) is 11.0. The van der Waals surface area contributed by atoms with Gasteiger partial charge < -0.3 is 15.2 Å². The third kappa shape index (κ3) is 4.46.